The third-order valence-corrected chi connectivity index (χ3v) is 7.25. The molecule has 0 bridgehead atoms. The highest BCUT2D eigenvalue weighted by Crippen LogP contribution is 2.27. The Morgan fingerprint density at radius 2 is 1.77 bits per heavy atom. The van der Waals surface area contributed by atoms with Gasteiger partial charge in [-0.15, -0.1) is 10.2 Å². The van der Waals surface area contributed by atoms with Crippen molar-refractivity contribution in [3.63, 3.8) is 0 Å². The summed E-state index contributed by atoms with van der Waals surface area (Å²) in [6.45, 7) is 2.32. The summed E-state index contributed by atoms with van der Waals surface area (Å²) < 4.78 is 32.2. The Hall–Kier alpha value is -2.82. The Morgan fingerprint density at radius 1 is 1.06 bits per heavy atom. The van der Waals surface area contributed by atoms with Crippen LogP contribution in [0.4, 0.5) is 5.13 Å². The number of hydrogen-bond acceptors (Lipinski definition) is 7. The van der Waals surface area contributed by atoms with E-state index in [1.807, 2.05) is 31.2 Å². The van der Waals surface area contributed by atoms with Crippen molar-refractivity contribution in [1.29, 1.82) is 0 Å². The Labute approximate surface area is 185 Å². The molecule has 0 fully saturated rings. The van der Waals surface area contributed by atoms with Crippen LogP contribution in [0.2, 0.25) is 0 Å². The molecule has 0 aliphatic rings. The van der Waals surface area contributed by atoms with Gasteiger partial charge in [-0.05, 0) is 42.8 Å². The van der Waals surface area contributed by atoms with Crippen LogP contribution in [0, 0.1) is 0 Å². The molecule has 0 atom stereocenters. The van der Waals surface area contributed by atoms with Crippen LogP contribution in [0.25, 0.3) is 10.6 Å². The van der Waals surface area contributed by atoms with E-state index in [1.54, 1.807) is 37.4 Å². The molecular weight excluding hydrogens is 436 g/mol. The van der Waals surface area contributed by atoms with Crippen LogP contribution in [0.3, 0.4) is 0 Å². The highest BCUT2D eigenvalue weighted by molar-refractivity contribution is 7.89. The summed E-state index contributed by atoms with van der Waals surface area (Å²) >= 11 is 1.25. The first-order chi connectivity index (χ1) is 14.9. The van der Waals surface area contributed by atoms with Gasteiger partial charge in [0.15, 0.2) is 0 Å². The van der Waals surface area contributed by atoms with Crippen LogP contribution in [0.1, 0.15) is 19.8 Å². The number of sulfonamides is 1. The first-order valence-corrected chi connectivity index (χ1v) is 12.0. The van der Waals surface area contributed by atoms with E-state index >= 15 is 0 Å². The van der Waals surface area contributed by atoms with E-state index in [0.29, 0.717) is 23.1 Å². The second-order valence-electron chi connectivity index (χ2n) is 6.66. The molecule has 3 rings (SSSR count). The normalized spacial score (nSPS) is 11.5. The molecule has 0 radical (unpaired) electrons. The lowest BCUT2D eigenvalue weighted by atomic mass is 10.2. The summed E-state index contributed by atoms with van der Waals surface area (Å²) in [5.41, 5.74) is 0.863. The fourth-order valence-electron chi connectivity index (χ4n) is 2.88. The molecule has 0 unspecified atom stereocenters. The lowest BCUT2D eigenvalue weighted by Crippen LogP contribution is -2.34. The summed E-state index contributed by atoms with van der Waals surface area (Å²) in [6, 6.07) is 15.6. The fraction of sp³-hybridized carbons (Fsp3) is 0.286. The number of anilines is 1. The fourth-order valence-corrected chi connectivity index (χ4v) is 5.19. The number of carbonyl (C=O) groups excluding carboxylic acids is 1. The zero-order chi connectivity index (χ0) is 22.3. The maximum atomic E-state index is 12.9. The number of benzene rings is 2. The number of ether oxygens (including phenoxy) is 1. The summed E-state index contributed by atoms with van der Waals surface area (Å²) in [5.74, 6) is 0.422. The Bertz CT molecular complexity index is 1100. The van der Waals surface area contributed by atoms with Gasteiger partial charge in [-0.1, -0.05) is 36.5 Å². The molecular formula is C21H24N4O4S2. The van der Waals surface area contributed by atoms with Gasteiger partial charge in [0.05, 0.1) is 12.0 Å². The maximum Gasteiger partial charge on any atom is 0.243 e. The van der Waals surface area contributed by atoms with Gasteiger partial charge >= 0.3 is 0 Å². The van der Waals surface area contributed by atoms with Gasteiger partial charge in [-0.25, -0.2) is 8.42 Å². The number of nitrogens with zero attached hydrogens (tertiary/aromatic N) is 3. The summed E-state index contributed by atoms with van der Waals surface area (Å²) in [4.78, 5) is 12.6. The second-order valence-corrected chi connectivity index (χ2v) is 9.57. The van der Waals surface area contributed by atoms with E-state index in [2.05, 4.69) is 15.5 Å². The minimum atomic E-state index is -3.65. The molecule has 0 aliphatic carbocycles. The third-order valence-electron chi connectivity index (χ3n) is 4.45. The zero-order valence-electron chi connectivity index (χ0n) is 17.3. The Morgan fingerprint density at radius 3 is 2.42 bits per heavy atom. The van der Waals surface area contributed by atoms with Crippen molar-refractivity contribution in [2.75, 3.05) is 25.5 Å². The SMILES string of the molecule is CCCN(CCC(=O)Nc1nnc(-c2ccc(OC)cc2)s1)S(=O)(=O)c1ccccc1. The molecule has 0 spiro atoms. The molecule has 164 valence electrons. The minimum absolute atomic E-state index is 0.0174. The number of aromatic nitrogens is 2. The van der Waals surface area contributed by atoms with E-state index in [0.717, 1.165) is 11.3 Å². The highest BCUT2D eigenvalue weighted by Gasteiger charge is 2.24. The highest BCUT2D eigenvalue weighted by atomic mass is 32.2. The van der Waals surface area contributed by atoms with Crippen molar-refractivity contribution in [1.82, 2.24) is 14.5 Å². The van der Waals surface area contributed by atoms with Gasteiger partial charge in [0.25, 0.3) is 0 Å². The average Bonchev–Trinajstić information content (AvgIpc) is 3.25. The zero-order valence-corrected chi connectivity index (χ0v) is 18.9. The van der Waals surface area contributed by atoms with Gasteiger partial charge in [0, 0.05) is 25.1 Å². The van der Waals surface area contributed by atoms with E-state index in [1.165, 1.54) is 15.6 Å². The Balaban J connectivity index is 1.61. The molecule has 1 heterocycles. The van der Waals surface area contributed by atoms with Crippen LogP contribution in [-0.2, 0) is 14.8 Å². The van der Waals surface area contributed by atoms with Crippen molar-refractivity contribution in [2.24, 2.45) is 0 Å². The van der Waals surface area contributed by atoms with Gasteiger partial charge in [-0.3, -0.25) is 4.79 Å². The second kappa shape index (κ2) is 10.5. The minimum Gasteiger partial charge on any atom is -0.497 e. The molecule has 1 N–H and O–H groups in total. The lowest BCUT2D eigenvalue weighted by molar-refractivity contribution is -0.116. The largest absolute Gasteiger partial charge is 0.497 e. The molecule has 2 aromatic carbocycles. The molecule has 0 saturated heterocycles. The molecule has 1 aromatic heterocycles. The molecule has 1 amide bonds. The van der Waals surface area contributed by atoms with Crippen molar-refractivity contribution < 1.29 is 17.9 Å². The first-order valence-electron chi connectivity index (χ1n) is 9.77. The quantitative estimate of drug-likeness (QED) is 0.496. The molecule has 0 saturated carbocycles. The predicted octanol–water partition coefficient (Wildman–Crippen LogP) is 3.64. The van der Waals surface area contributed by atoms with E-state index in [4.69, 9.17) is 4.74 Å². The predicted molar refractivity (Wildman–Crippen MR) is 121 cm³/mol. The van der Waals surface area contributed by atoms with Crippen LogP contribution in [-0.4, -0.2) is 49.0 Å². The number of methoxy groups -OCH3 is 1. The van der Waals surface area contributed by atoms with E-state index < -0.39 is 10.0 Å². The lowest BCUT2D eigenvalue weighted by Gasteiger charge is -2.21. The van der Waals surface area contributed by atoms with Crippen molar-refractivity contribution in [3.8, 4) is 16.3 Å². The maximum absolute atomic E-state index is 12.9. The molecule has 0 aliphatic heterocycles. The number of hydrogen-bond donors (Lipinski definition) is 1. The van der Waals surface area contributed by atoms with E-state index in [-0.39, 0.29) is 23.8 Å². The Kier molecular flexibility index (Phi) is 7.72. The molecule has 8 nitrogen and oxygen atoms in total. The summed E-state index contributed by atoms with van der Waals surface area (Å²) in [5, 5.41) is 11.8. The van der Waals surface area contributed by atoms with Crippen LogP contribution in [0.5, 0.6) is 5.75 Å². The monoisotopic (exact) mass is 460 g/mol. The molecule has 3 aromatic rings. The average molecular weight is 461 g/mol. The standard InChI is InChI=1S/C21H24N4O4S2/c1-3-14-25(31(27,28)18-7-5-4-6-8-18)15-13-19(26)22-21-24-23-20(30-21)16-9-11-17(29-2)12-10-16/h4-12H,3,13-15H2,1-2H3,(H,22,24,26). The van der Waals surface area contributed by atoms with E-state index in [9.17, 15) is 13.2 Å². The number of rotatable bonds is 10. The van der Waals surface area contributed by atoms with Gasteiger partial charge in [0.2, 0.25) is 21.1 Å². The van der Waals surface area contributed by atoms with Crippen LogP contribution >= 0.6 is 11.3 Å². The number of carbonyl (C=O) groups is 1. The van der Waals surface area contributed by atoms with Gasteiger partial charge in [0.1, 0.15) is 10.8 Å². The molecule has 31 heavy (non-hydrogen) atoms. The third kappa shape index (κ3) is 5.87. The number of nitrogens with one attached hydrogen (secondary N) is 1. The topological polar surface area (TPSA) is 101 Å². The number of amides is 1. The van der Waals surface area contributed by atoms with Crippen molar-refractivity contribution in [2.45, 2.75) is 24.7 Å². The summed E-state index contributed by atoms with van der Waals surface area (Å²) in [7, 11) is -2.05. The van der Waals surface area contributed by atoms with Crippen LogP contribution in [0.15, 0.2) is 59.5 Å². The first kappa shape index (κ1) is 22.9. The summed E-state index contributed by atoms with van der Waals surface area (Å²) in [6.07, 6.45) is 0.665. The smallest absolute Gasteiger partial charge is 0.243 e. The van der Waals surface area contributed by atoms with Crippen LogP contribution < -0.4 is 10.1 Å². The molecule has 10 heteroatoms. The van der Waals surface area contributed by atoms with Crippen molar-refractivity contribution in [3.05, 3.63) is 54.6 Å². The van der Waals surface area contributed by atoms with Gasteiger partial charge in [-0.2, -0.15) is 4.31 Å². The van der Waals surface area contributed by atoms with Crippen molar-refractivity contribution >= 4 is 32.4 Å². The van der Waals surface area contributed by atoms with Gasteiger partial charge < -0.3 is 10.1 Å².